The van der Waals surface area contributed by atoms with Gasteiger partial charge in [0.05, 0.1) is 12.0 Å². The Labute approximate surface area is 138 Å². The third kappa shape index (κ3) is 3.23. The van der Waals surface area contributed by atoms with E-state index < -0.39 is 0 Å². The number of fused-ring (bicyclic) bond motifs is 1. The van der Waals surface area contributed by atoms with Crippen molar-refractivity contribution in [2.24, 2.45) is 11.3 Å². The standard InChI is InChI=1S/C17H24N2O2.ClH/c1-2-21-15-8-5-7-14(10-15)19-16(20)17-9-4-3-6-13(17)11-18-12-17;/h5,7-8,10,13,18H,2-4,6,9,11-12H2,1H3,(H,19,20);1H/t13-,17+;/m0./s1. The highest BCUT2D eigenvalue weighted by molar-refractivity contribution is 5.96. The molecule has 2 N–H and O–H groups in total. The summed E-state index contributed by atoms with van der Waals surface area (Å²) in [5, 5.41) is 6.53. The van der Waals surface area contributed by atoms with Gasteiger partial charge in [0, 0.05) is 18.3 Å². The maximum absolute atomic E-state index is 12.8. The summed E-state index contributed by atoms with van der Waals surface area (Å²) in [5.74, 6) is 1.46. The van der Waals surface area contributed by atoms with E-state index in [2.05, 4.69) is 10.6 Å². The Balaban J connectivity index is 0.00000176. The van der Waals surface area contributed by atoms with Crippen LogP contribution in [0.1, 0.15) is 32.6 Å². The third-order valence-electron chi connectivity index (χ3n) is 4.89. The molecule has 1 aromatic rings. The fourth-order valence-corrected chi connectivity index (χ4v) is 3.78. The number of hydrogen-bond donors (Lipinski definition) is 2. The van der Waals surface area contributed by atoms with Crippen molar-refractivity contribution >= 4 is 24.0 Å². The number of ether oxygens (including phenoxy) is 1. The highest BCUT2D eigenvalue weighted by atomic mass is 35.5. The number of benzene rings is 1. The fourth-order valence-electron chi connectivity index (χ4n) is 3.78. The van der Waals surface area contributed by atoms with Crippen molar-refractivity contribution in [3.63, 3.8) is 0 Å². The zero-order valence-electron chi connectivity index (χ0n) is 13.1. The molecule has 2 aliphatic rings. The zero-order chi connectivity index (χ0) is 14.7. The number of amides is 1. The second-order valence-electron chi connectivity index (χ2n) is 6.14. The minimum Gasteiger partial charge on any atom is -0.494 e. The van der Waals surface area contributed by atoms with Crippen LogP contribution < -0.4 is 15.4 Å². The van der Waals surface area contributed by atoms with Crippen LogP contribution >= 0.6 is 12.4 Å². The molecule has 1 amide bonds. The Morgan fingerprint density at radius 2 is 2.32 bits per heavy atom. The lowest BCUT2D eigenvalue weighted by Gasteiger charge is -2.37. The first-order valence-electron chi connectivity index (χ1n) is 7.99. The van der Waals surface area contributed by atoms with Gasteiger partial charge in [0.15, 0.2) is 0 Å². The van der Waals surface area contributed by atoms with Gasteiger partial charge in [-0.25, -0.2) is 0 Å². The molecule has 4 nitrogen and oxygen atoms in total. The molecule has 1 heterocycles. The molecule has 122 valence electrons. The van der Waals surface area contributed by atoms with E-state index in [1.54, 1.807) is 0 Å². The summed E-state index contributed by atoms with van der Waals surface area (Å²) >= 11 is 0. The van der Waals surface area contributed by atoms with Crippen molar-refractivity contribution in [3.05, 3.63) is 24.3 Å². The summed E-state index contributed by atoms with van der Waals surface area (Å²) in [7, 11) is 0. The number of anilines is 1. The molecule has 2 fully saturated rings. The lowest BCUT2D eigenvalue weighted by atomic mass is 9.67. The first-order chi connectivity index (χ1) is 10.2. The molecule has 3 rings (SSSR count). The Morgan fingerprint density at radius 3 is 3.14 bits per heavy atom. The molecule has 0 spiro atoms. The first kappa shape index (κ1) is 17.1. The van der Waals surface area contributed by atoms with E-state index in [1.807, 2.05) is 31.2 Å². The van der Waals surface area contributed by atoms with E-state index in [0.29, 0.717) is 12.5 Å². The van der Waals surface area contributed by atoms with E-state index >= 15 is 0 Å². The van der Waals surface area contributed by atoms with E-state index in [4.69, 9.17) is 4.74 Å². The van der Waals surface area contributed by atoms with E-state index in [0.717, 1.165) is 37.4 Å². The van der Waals surface area contributed by atoms with Crippen LogP contribution in [0.25, 0.3) is 0 Å². The van der Waals surface area contributed by atoms with Gasteiger partial charge >= 0.3 is 0 Å². The molecule has 1 aliphatic carbocycles. The minimum absolute atomic E-state index is 0. The van der Waals surface area contributed by atoms with Gasteiger partial charge in [0.1, 0.15) is 5.75 Å². The summed E-state index contributed by atoms with van der Waals surface area (Å²) in [6.45, 7) is 4.38. The average Bonchev–Trinajstić information content (AvgIpc) is 2.93. The highest BCUT2D eigenvalue weighted by Gasteiger charge is 2.49. The van der Waals surface area contributed by atoms with Gasteiger partial charge in [-0.15, -0.1) is 12.4 Å². The normalized spacial score (nSPS) is 26.7. The molecule has 0 radical (unpaired) electrons. The summed E-state index contributed by atoms with van der Waals surface area (Å²) in [6.07, 6.45) is 4.58. The number of carbonyl (C=O) groups excluding carboxylic acids is 1. The second kappa shape index (κ2) is 7.34. The van der Waals surface area contributed by atoms with Gasteiger partial charge in [0.2, 0.25) is 5.91 Å². The van der Waals surface area contributed by atoms with E-state index in [-0.39, 0.29) is 23.7 Å². The Kier molecular flexibility index (Phi) is 5.70. The van der Waals surface area contributed by atoms with Gasteiger partial charge in [0.25, 0.3) is 0 Å². The topological polar surface area (TPSA) is 50.4 Å². The number of hydrogen-bond acceptors (Lipinski definition) is 3. The highest BCUT2D eigenvalue weighted by Crippen LogP contribution is 2.44. The number of halogens is 1. The second-order valence-corrected chi connectivity index (χ2v) is 6.14. The Bertz CT molecular complexity index is 523. The molecule has 1 saturated carbocycles. The maximum Gasteiger partial charge on any atom is 0.232 e. The van der Waals surface area contributed by atoms with E-state index in [9.17, 15) is 4.79 Å². The zero-order valence-corrected chi connectivity index (χ0v) is 13.9. The van der Waals surface area contributed by atoms with Crippen LogP contribution in [-0.4, -0.2) is 25.6 Å². The fraction of sp³-hybridized carbons (Fsp3) is 0.588. The molecule has 1 saturated heterocycles. The molecule has 2 atom stereocenters. The lowest BCUT2D eigenvalue weighted by molar-refractivity contribution is -0.128. The van der Waals surface area contributed by atoms with Crippen LogP contribution in [0.3, 0.4) is 0 Å². The van der Waals surface area contributed by atoms with Crippen molar-refractivity contribution in [2.75, 3.05) is 25.0 Å². The number of rotatable bonds is 4. The van der Waals surface area contributed by atoms with Crippen molar-refractivity contribution in [2.45, 2.75) is 32.6 Å². The van der Waals surface area contributed by atoms with Gasteiger partial charge in [-0.2, -0.15) is 0 Å². The third-order valence-corrected chi connectivity index (χ3v) is 4.89. The predicted octanol–water partition coefficient (Wildman–Crippen LogP) is 3.23. The quantitative estimate of drug-likeness (QED) is 0.894. The monoisotopic (exact) mass is 324 g/mol. The van der Waals surface area contributed by atoms with E-state index in [1.165, 1.54) is 12.8 Å². The van der Waals surface area contributed by atoms with Crippen LogP contribution in [0, 0.1) is 11.3 Å². The molecule has 22 heavy (non-hydrogen) atoms. The van der Waals surface area contributed by atoms with Crippen LogP contribution in [0.2, 0.25) is 0 Å². The Morgan fingerprint density at radius 1 is 1.45 bits per heavy atom. The van der Waals surface area contributed by atoms with Crippen molar-refractivity contribution in [1.29, 1.82) is 0 Å². The van der Waals surface area contributed by atoms with Crippen LogP contribution in [-0.2, 0) is 4.79 Å². The van der Waals surface area contributed by atoms with Gasteiger partial charge in [-0.05, 0) is 44.4 Å². The minimum atomic E-state index is -0.208. The largest absolute Gasteiger partial charge is 0.494 e. The Hall–Kier alpha value is -1.26. The molecule has 0 bridgehead atoms. The molecule has 1 aromatic carbocycles. The van der Waals surface area contributed by atoms with Crippen molar-refractivity contribution in [3.8, 4) is 5.75 Å². The SMILES string of the molecule is CCOc1cccc(NC(=O)[C@@]23CCCC[C@H]2CNC3)c1.Cl. The summed E-state index contributed by atoms with van der Waals surface area (Å²) in [4.78, 5) is 12.8. The number of nitrogens with one attached hydrogen (secondary N) is 2. The molecule has 0 unspecified atom stereocenters. The molecule has 1 aliphatic heterocycles. The van der Waals surface area contributed by atoms with Gasteiger partial charge in [-0.1, -0.05) is 18.9 Å². The van der Waals surface area contributed by atoms with Crippen molar-refractivity contribution < 1.29 is 9.53 Å². The smallest absolute Gasteiger partial charge is 0.232 e. The van der Waals surface area contributed by atoms with Crippen LogP contribution in [0.15, 0.2) is 24.3 Å². The summed E-state index contributed by atoms with van der Waals surface area (Å²) < 4.78 is 5.49. The van der Waals surface area contributed by atoms with Gasteiger partial charge < -0.3 is 15.4 Å². The number of carbonyl (C=O) groups is 1. The van der Waals surface area contributed by atoms with Gasteiger partial charge in [-0.3, -0.25) is 4.79 Å². The van der Waals surface area contributed by atoms with Crippen molar-refractivity contribution in [1.82, 2.24) is 5.32 Å². The lowest BCUT2D eigenvalue weighted by Crippen LogP contribution is -2.44. The summed E-state index contributed by atoms with van der Waals surface area (Å²) in [6, 6.07) is 7.66. The summed E-state index contributed by atoms with van der Waals surface area (Å²) in [5.41, 5.74) is 0.622. The molecule has 0 aromatic heterocycles. The maximum atomic E-state index is 12.8. The molecule has 5 heteroatoms. The molecular weight excluding hydrogens is 300 g/mol. The predicted molar refractivity (Wildman–Crippen MR) is 90.7 cm³/mol. The average molecular weight is 325 g/mol. The first-order valence-corrected chi connectivity index (χ1v) is 7.99. The molecular formula is C17H25ClN2O2. The van der Waals surface area contributed by atoms with Crippen LogP contribution in [0.4, 0.5) is 5.69 Å². The van der Waals surface area contributed by atoms with Crippen LogP contribution in [0.5, 0.6) is 5.75 Å².